The van der Waals surface area contributed by atoms with E-state index in [9.17, 15) is 14.7 Å². The van der Waals surface area contributed by atoms with Crippen molar-refractivity contribution in [1.82, 2.24) is 0 Å². The zero-order valence-corrected chi connectivity index (χ0v) is 15.0. The number of aliphatic hydroxyl groups excluding tert-OH is 1. The summed E-state index contributed by atoms with van der Waals surface area (Å²) >= 11 is 5.80. The fourth-order valence-electron chi connectivity index (χ4n) is 3.66. The third-order valence-electron chi connectivity index (χ3n) is 5.20. The first kappa shape index (κ1) is 18.0. The van der Waals surface area contributed by atoms with Gasteiger partial charge >= 0.3 is 5.97 Å². The average molecular weight is 363 g/mol. The number of esters is 1. The molecule has 1 aromatic rings. The lowest BCUT2D eigenvalue weighted by Gasteiger charge is -2.31. The number of hydrogen-bond acceptors (Lipinski definition) is 4. The first-order valence-electron chi connectivity index (χ1n) is 8.87. The van der Waals surface area contributed by atoms with Gasteiger partial charge in [0.1, 0.15) is 0 Å². The van der Waals surface area contributed by atoms with Crippen LogP contribution in [0.1, 0.15) is 44.1 Å². The van der Waals surface area contributed by atoms with Gasteiger partial charge in [0.15, 0.2) is 11.9 Å². The van der Waals surface area contributed by atoms with Gasteiger partial charge in [0.05, 0.1) is 5.57 Å². The summed E-state index contributed by atoms with van der Waals surface area (Å²) in [4.78, 5) is 25.4. The molecule has 25 heavy (non-hydrogen) atoms. The van der Waals surface area contributed by atoms with Crippen LogP contribution in [0, 0.1) is 11.8 Å². The second kappa shape index (κ2) is 7.61. The van der Waals surface area contributed by atoms with Gasteiger partial charge in [-0.15, -0.1) is 11.6 Å². The highest BCUT2D eigenvalue weighted by molar-refractivity contribution is 6.17. The van der Waals surface area contributed by atoms with Gasteiger partial charge < -0.3 is 9.84 Å². The van der Waals surface area contributed by atoms with E-state index in [0.717, 1.165) is 18.4 Å². The molecule has 3 rings (SSSR count). The van der Waals surface area contributed by atoms with Gasteiger partial charge in [0.2, 0.25) is 5.78 Å². The standard InChI is InChI=1S/C20H23ClO4/c1-2-12(10-11-21)19-18(23)17(22)16(20(24)25-19)15(14-8-9-14)13-6-4-3-5-7-13/h3-7,12,14-15,19,22H,2,8-11H2,1H3. The Bertz CT molecular complexity index is 678. The monoisotopic (exact) mass is 362 g/mol. The minimum absolute atomic E-state index is 0.121. The van der Waals surface area contributed by atoms with E-state index in [4.69, 9.17) is 16.3 Å². The molecule has 1 aromatic carbocycles. The van der Waals surface area contributed by atoms with Crippen LogP contribution >= 0.6 is 11.6 Å². The Morgan fingerprint density at radius 1 is 1.24 bits per heavy atom. The first-order chi connectivity index (χ1) is 12.1. The maximum atomic E-state index is 12.7. The van der Waals surface area contributed by atoms with E-state index in [1.807, 2.05) is 37.3 Å². The predicted octanol–water partition coefficient (Wildman–Crippen LogP) is 4.14. The highest BCUT2D eigenvalue weighted by Crippen LogP contribution is 2.48. The molecule has 5 heteroatoms. The fraction of sp³-hybridized carbons (Fsp3) is 0.500. The van der Waals surface area contributed by atoms with Crippen molar-refractivity contribution in [1.29, 1.82) is 0 Å². The van der Waals surface area contributed by atoms with Crippen LogP contribution in [0.5, 0.6) is 0 Å². The molecule has 1 saturated carbocycles. The number of alkyl halides is 1. The third-order valence-corrected chi connectivity index (χ3v) is 5.41. The number of ether oxygens (including phenoxy) is 1. The lowest BCUT2D eigenvalue weighted by Crippen LogP contribution is -2.42. The molecule has 0 saturated heterocycles. The molecule has 0 radical (unpaired) electrons. The molecule has 134 valence electrons. The Morgan fingerprint density at radius 2 is 1.92 bits per heavy atom. The van der Waals surface area contributed by atoms with Crippen molar-refractivity contribution in [3.8, 4) is 0 Å². The zero-order valence-electron chi connectivity index (χ0n) is 14.3. The zero-order chi connectivity index (χ0) is 18.0. The van der Waals surface area contributed by atoms with E-state index in [-0.39, 0.29) is 23.3 Å². The second-order valence-electron chi connectivity index (χ2n) is 6.82. The highest BCUT2D eigenvalue weighted by atomic mass is 35.5. The second-order valence-corrected chi connectivity index (χ2v) is 7.20. The average Bonchev–Trinajstić information content (AvgIpc) is 3.45. The normalized spacial score (nSPS) is 23.4. The van der Waals surface area contributed by atoms with Gasteiger partial charge in [-0.2, -0.15) is 0 Å². The molecule has 1 aliphatic heterocycles. The van der Waals surface area contributed by atoms with Crippen LogP contribution in [0.15, 0.2) is 41.7 Å². The minimum atomic E-state index is -0.935. The summed E-state index contributed by atoms with van der Waals surface area (Å²) in [5.41, 5.74) is 1.05. The van der Waals surface area contributed by atoms with Crippen molar-refractivity contribution < 1.29 is 19.4 Å². The first-order valence-corrected chi connectivity index (χ1v) is 9.41. The maximum Gasteiger partial charge on any atom is 0.339 e. The van der Waals surface area contributed by atoms with E-state index >= 15 is 0 Å². The number of carbonyl (C=O) groups excluding carboxylic acids is 2. The van der Waals surface area contributed by atoms with Crippen molar-refractivity contribution in [2.24, 2.45) is 11.8 Å². The van der Waals surface area contributed by atoms with E-state index in [1.54, 1.807) is 0 Å². The Hall–Kier alpha value is -1.81. The molecule has 1 aliphatic carbocycles. The molecular weight excluding hydrogens is 340 g/mol. The van der Waals surface area contributed by atoms with Crippen molar-refractivity contribution in [2.45, 2.75) is 44.6 Å². The van der Waals surface area contributed by atoms with Gasteiger partial charge in [-0.25, -0.2) is 4.79 Å². The van der Waals surface area contributed by atoms with E-state index in [2.05, 4.69) is 0 Å². The number of aliphatic hydroxyl groups is 1. The van der Waals surface area contributed by atoms with Crippen molar-refractivity contribution in [2.75, 3.05) is 5.88 Å². The Labute approximate surface area is 152 Å². The van der Waals surface area contributed by atoms with E-state index < -0.39 is 23.6 Å². The number of halogens is 1. The van der Waals surface area contributed by atoms with Crippen LogP contribution in [-0.2, 0) is 14.3 Å². The quantitative estimate of drug-likeness (QED) is 0.584. The molecule has 1 heterocycles. The summed E-state index contributed by atoms with van der Waals surface area (Å²) in [5, 5.41) is 10.6. The molecule has 3 unspecified atom stereocenters. The number of carbonyl (C=O) groups is 2. The lowest BCUT2D eigenvalue weighted by atomic mass is 9.82. The number of ketones is 1. The Morgan fingerprint density at radius 3 is 2.48 bits per heavy atom. The van der Waals surface area contributed by atoms with Gasteiger partial charge in [-0.05, 0) is 37.2 Å². The van der Waals surface area contributed by atoms with Crippen LogP contribution in [0.4, 0.5) is 0 Å². The topological polar surface area (TPSA) is 63.6 Å². The lowest BCUT2D eigenvalue weighted by molar-refractivity contribution is -0.158. The highest BCUT2D eigenvalue weighted by Gasteiger charge is 2.46. The molecule has 0 spiro atoms. The third kappa shape index (κ3) is 3.59. The van der Waals surface area contributed by atoms with Gasteiger partial charge in [-0.3, -0.25) is 4.79 Å². The summed E-state index contributed by atoms with van der Waals surface area (Å²) in [6.07, 6.45) is 2.24. The van der Waals surface area contributed by atoms with Crippen LogP contribution < -0.4 is 0 Å². The van der Waals surface area contributed by atoms with Crippen molar-refractivity contribution in [3.63, 3.8) is 0 Å². The number of benzene rings is 1. The molecule has 1 fully saturated rings. The maximum absolute atomic E-state index is 12.7. The number of hydrogen-bond donors (Lipinski definition) is 1. The van der Waals surface area contributed by atoms with Gasteiger partial charge in [0.25, 0.3) is 0 Å². The summed E-state index contributed by atoms with van der Waals surface area (Å²) in [7, 11) is 0. The summed E-state index contributed by atoms with van der Waals surface area (Å²) < 4.78 is 5.50. The molecular formula is C20H23ClO4. The molecule has 4 nitrogen and oxygen atoms in total. The molecule has 0 amide bonds. The van der Waals surface area contributed by atoms with Gasteiger partial charge in [0, 0.05) is 17.7 Å². The molecule has 0 aromatic heterocycles. The molecule has 3 atom stereocenters. The summed E-state index contributed by atoms with van der Waals surface area (Å²) in [6.45, 7) is 1.92. The molecule has 0 bridgehead atoms. The summed E-state index contributed by atoms with van der Waals surface area (Å²) in [5.74, 6) is -1.30. The van der Waals surface area contributed by atoms with Crippen molar-refractivity contribution in [3.05, 3.63) is 47.2 Å². The van der Waals surface area contributed by atoms with E-state index in [0.29, 0.717) is 18.7 Å². The largest absolute Gasteiger partial charge is 0.504 e. The Kier molecular flexibility index (Phi) is 5.48. The number of rotatable bonds is 7. The van der Waals surface area contributed by atoms with Crippen LogP contribution in [0.25, 0.3) is 0 Å². The predicted molar refractivity (Wildman–Crippen MR) is 95.6 cm³/mol. The Balaban J connectivity index is 1.96. The summed E-state index contributed by atoms with van der Waals surface area (Å²) in [6, 6.07) is 9.55. The molecule has 2 aliphatic rings. The van der Waals surface area contributed by atoms with Crippen LogP contribution in [0.3, 0.4) is 0 Å². The molecule has 1 N–H and O–H groups in total. The SMILES string of the molecule is CCC(CCCl)C1OC(=O)C(C(c2ccccc2)C2CC2)=C(O)C1=O. The smallest absolute Gasteiger partial charge is 0.339 e. The minimum Gasteiger partial charge on any atom is -0.504 e. The van der Waals surface area contributed by atoms with Crippen LogP contribution in [-0.4, -0.2) is 28.8 Å². The number of Topliss-reactive ketones (excluding diaryl/α,β-unsaturated/α-hetero) is 1. The van der Waals surface area contributed by atoms with Gasteiger partial charge in [-0.1, -0.05) is 37.3 Å². The number of cyclic esters (lactones) is 1. The van der Waals surface area contributed by atoms with Crippen LogP contribution in [0.2, 0.25) is 0 Å². The van der Waals surface area contributed by atoms with E-state index in [1.165, 1.54) is 0 Å². The fourth-order valence-corrected chi connectivity index (χ4v) is 3.94. The van der Waals surface area contributed by atoms with Crippen molar-refractivity contribution >= 4 is 23.4 Å².